The molecule has 23 heavy (non-hydrogen) atoms. The Kier molecular flexibility index (Phi) is 10.3. The zero-order valence-electron chi connectivity index (χ0n) is 13.7. The maximum Gasteiger partial charge on any atom is 0.390 e. The minimum absolute atomic E-state index is 0. The predicted octanol–water partition coefficient (Wildman–Crippen LogP) is 4.22. The van der Waals surface area contributed by atoms with Crippen molar-refractivity contribution in [3.63, 3.8) is 0 Å². The molecular formula is C16H25F3IN3. The summed E-state index contributed by atoms with van der Waals surface area (Å²) >= 11 is 0. The van der Waals surface area contributed by atoms with E-state index in [2.05, 4.69) is 27.8 Å². The molecule has 0 saturated heterocycles. The van der Waals surface area contributed by atoms with Crippen LogP contribution in [-0.4, -0.2) is 31.8 Å². The monoisotopic (exact) mass is 443 g/mol. The molecule has 0 fully saturated rings. The molecule has 1 aromatic rings. The largest absolute Gasteiger partial charge is 0.390 e. The summed E-state index contributed by atoms with van der Waals surface area (Å²) in [5.74, 6) is 0.629. The van der Waals surface area contributed by atoms with Crippen molar-refractivity contribution < 1.29 is 13.2 Å². The number of aliphatic imine (C=N–C) groups is 1. The van der Waals surface area contributed by atoms with Gasteiger partial charge in [0, 0.05) is 25.6 Å². The number of aryl methyl sites for hydroxylation is 1. The minimum atomic E-state index is -4.15. The van der Waals surface area contributed by atoms with Crippen LogP contribution in [0, 0.1) is 6.92 Å². The molecule has 0 aliphatic heterocycles. The first-order valence-electron chi connectivity index (χ1n) is 7.47. The molecule has 1 rings (SSSR count). The minimum Gasteiger partial charge on any atom is -0.357 e. The van der Waals surface area contributed by atoms with Crippen molar-refractivity contribution >= 4 is 29.9 Å². The molecule has 0 heterocycles. The van der Waals surface area contributed by atoms with Crippen molar-refractivity contribution in [3.05, 3.63) is 35.4 Å². The number of guanidine groups is 1. The van der Waals surface area contributed by atoms with Gasteiger partial charge in [-0.1, -0.05) is 36.8 Å². The Hall–Kier alpha value is -0.990. The molecule has 0 aliphatic rings. The van der Waals surface area contributed by atoms with Crippen LogP contribution in [0.1, 0.15) is 37.3 Å². The molecule has 7 heteroatoms. The van der Waals surface area contributed by atoms with E-state index in [1.807, 2.05) is 32.9 Å². The third kappa shape index (κ3) is 9.68. The molecule has 1 atom stereocenters. The van der Waals surface area contributed by atoms with Crippen LogP contribution in [0.15, 0.2) is 29.3 Å². The lowest BCUT2D eigenvalue weighted by Crippen LogP contribution is -2.39. The fourth-order valence-corrected chi connectivity index (χ4v) is 1.89. The Morgan fingerprint density at radius 1 is 1.17 bits per heavy atom. The lowest BCUT2D eigenvalue weighted by atomic mass is 10.0. The summed E-state index contributed by atoms with van der Waals surface area (Å²) in [6.07, 6.45) is -5.02. The van der Waals surface area contributed by atoms with Gasteiger partial charge in [0.05, 0.1) is 6.42 Å². The van der Waals surface area contributed by atoms with E-state index < -0.39 is 12.6 Å². The van der Waals surface area contributed by atoms with Gasteiger partial charge >= 0.3 is 6.18 Å². The number of hydrogen-bond acceptors (Lipinski definition) is 1. The molecule has 1 unspecified atom stereocenters. The second kappa shape index (κ2) is 10.7. The first-order valence-corrected chi connectivity index (χ1v) is 7.47. The Morgan fingerprint density at radius 3 is 2.30 bits per heavy atom. The molecule has 0 saturated carbocycles. The highest BCUT2D eigenvalue weighted by atomic mass is 127. The van der Waals surface area contributed by atoms with Crippen LogP contribution >= 0.6 is 24.0 Å². The summed E-state index contributed by atoms with van der Waals surface area (Å²) in [7, 11) is 0. The number of hydrogen-bond donors (Lipinski definition) is 2. The summed E-state index contributed by atoms with van der Waals surface area (Å²) < 4.78 is 36.5. The number of alkyl halides is 3. The molecule has 0 aliphatic carbocycles. The highest BCUT2D eigenvalue weighted by molar-refractivity contribution is 14.0. The normalized spacial score (nSPS) is 13.2. The summed E-state index contributed by atoms with van der Waals surface area (Å²) in [6, 6.07) is 8.20. The number of rotatable bonds is 6. The van der Waals surface area contributed by atoms with Gasteiger partial charge in [0.15, 0.2) is 5.96 Å². The number of halogens is 4. The summed E-state index contributed by atoms with van der Waals surface area (Å²) in [5, 5.41) is 5.67. The average Bonchev–Trinajstić information content (AvgIpc) is 2.44. The van der Waals surface area contributed by atoms with E-state index in [0.717, 1.165) is 0 Å². The van der Waals surface area contributed by atoms with E-state index in [9.17, 15) is 13.2 Å². The van der Waals surface area contributed by atoms with E-state index in [0.29, 0.717) is 19.0 Å². The van der Waals surface area contributed by atoms with E-state index in [1.54, 1.807) is 0 Å². The average molecular weight is 443 g/mol. The van der Waals surface area contributed by atoms with Crippen LogP contribution in [0.2, 0.25) is 0 Å². The standard InChI is InChI=1S/C16H24F3N3.HI/c1-4-20-15(21-10-9-16(17,18)19)22-11-13(3)14-7-5-12(2)6-8-14;/h5-8,13H,4,9-11H2,1-3H3,(H2,20,21,22);1H. The van der Waals surface area contributed by atoms with Gasteiger partial charge in [0.1, 0.15) is 0 Å². The van der Waals surface area contributed by atoms with Gasteiger partial charge in [-0.25, -0.2) is 0 Å². The molecule has 0 bridgehead atoms. The van der Waals surface area contributed by atoms with Crippen LogP contribution in [0.4, 0.5) is 13.2 Å². The summed E-state index contributed by atoms with van der Waals surface area (Å²) in [5.41, 5.74) is 2.36. The lowest BCUT2D eigenvalue weighted by Gasteiger charge is -2.14. The smallest absolute Gasteiger partial charge is 0.357 e. The van der Waals surface area contributed by atoms with Gasteiger partial charge in [-0.3, -0.25) is 4.99 Å². The highest BCUT2D eigenvalue weighted by Gasteiger charge is 2.26. The second-order valence-electron chi connectivity index (χ2n) is 5.32. The zero-order chi connectivity index (χ0) is 16.6. The Labute approximate surface area is 153 Å². The second-order valence-corrected chi connectivity index (χ2v) is 5.32. The first-order chi connectivity index (χ1) is 10.3. The lowest BCUT2D eigenvalue weighted by molar-refractivity contribution is -0.132. The molecule has 2 N–H and O–H groups in total. The highest BCUT2D eigenvalue weighted by Crippen LogP contribution is 2.18. The van der Waals surface area contributed by atoms with E-state index in [-0.39, 0.29) is 36.4 Å². The maximum absolute atomic E-state index is 12.2. The predicted molar refractivity (Wildman–Crippen MR) is 99.7 cm³/mol. The first kappa shape index (κ1) is 22.0. The molecule has 0 radical (unpaired) electrons. The quantitative estimate of drug-likeness (QED) is 0.393. The van der Waals surface area contributed by atoms with Crippen molar-refractivity contribution in [3.8, 4) is 0 Å². The van der Waals surface area contributed by atoms with Gasteiger partial charge < -0.3 is 10.6 Å². The fraction of sp³-hybridized carbons (Fsp3) is 0.562. The molecular weight excluding hydrogens is 418 g/mol. The summed E-state index contributed by atoms with van der Waals surface area (Å²) in [6.45, 7) is 6.91. The van der Waals surface area contributed by atoms with Crippen LogP contribution < -0.4 is 10.6 Å². The van der Waals surface area contributed by atoms with Crippen LogP contribution in [-0.2, 0) is 0 Å². The van der Waals surface area contributed by atoms with E-state index in [1.165, 1.54) is 11.1 Å². The van der Waals surface area contributed by atoms with Crippen molar-refractivity contribution in [2.24, 2.45) is 4.99 Å². The number of nitrogens with one attached hydrogen (secondary N) is 2. The van der Waals surface area contributed by atoms with Crippen LogP contribution in [0.5, 0.6) is 0 Å². The number of benzene rings is 1. The van der Waals surface area contributed by atoms with Crippen LogP contribution in [0.3, 0.4) is 0 Å². The van der Waals surface area contributed by atoms with Crippen molar-refractivity contribution in [1.29, 1.82) is 0 Å². The van der Waals surface area contributed by atoms with Gasteiger partial charge in [-0.15, -0.1) is 24.0 Å². The van der Waals surface area contributed by atoms with Gasteiger partial charge in [0.25, 0.3) is 0 Å². The van der Waals surface area contributed by atoms with Crippen molar-refractivity contribution in [2.45, 2.75) is 39.3 Å². The Balaban J connectivity index is 0.00000484. The number of nitrogens with zero attached hydrogens (tertiary/aromatic N) is 1. The van der Waals surface area contributed by atoms with Crippen LogP contribution in [0.25, 0.3) is 0 Å². The molecule has 0 spiro atoms. The zero-order valence-corrected chi connectivity index (χ0v) is 16.0. The fourth-order valence-electron chi connectivity index (χ4n) is 1.89. The SMILES string of the molecule is CCNC(=NCC(C)c1ccc(C)cc1)NCCC(F)(F)F.I. The van der Waals surface area contributed by atoms with E-state index in [4.69, 9.17) is 0 Å². The molecule has 0 amide bonds. The van der Waals surface area contributed by atoms with Crippen molar-refractivity contribution in [2.75, 3.05) is 19.6 Å². The molecule has 0 aromatic heterocycles. The van der Waals surface area contributed by atoms with E-state index >= 15 is 0 Å². The third-order valence-corrected chi connectivity index (χ3v) is 3.21. The maximum atomic E-state index is 12.2. The molecule has 3 nitrogen and oxygen atoms in total. The molecule has 1 aromatic carbocycles. The topological polar surface area (TPSA) is 36.4 Å². The third-order valence-electron chi connectivity index (χ3n) is 3.21. The Bertz CT molecular complexity index is 472. The van der Waals surface area contributed by atoms with Gasteiger partial charge in [-0.05, 0) is 19.4 Å². The van der Waals surface area contributed by atoms with Gasteiger partial charge in [0.2, 0.25) is 0 Å². The van der Waals surface area contributed by atoms with Crippen molar-refractivity contribution in [1.82, 2.24) is 10.6 Å². The molecule has 132 valence electrons. The van der Waals surface area contributed by atoms with Gasteiger partial charge in [-0.2, -0.15) is 13.2 Å². The Morgan fingerprint density at radius 2 is 1.78 bits per heavy atom. The summed E-state index contributed by atoms with van der Waals surface area (Å²) in [4.78, 5) is 4.36.